The van der Waals surface area contributed by atoms with Gasteiger partial charge in [0.05, 0.1) is 22.1 Å². The molecule has 4 heterocycles. The average Bonchev–Trinajstić information content (AvgIpc) is 4.10. The van der Waals surface area contributed by atoms with Crippen molar-refractivity contribution >= 4 is 65.6 Å². The highest BCUT2D eigenvalue weighted by atomic mass is 16.3. The second kappa shape index (κ2) is 15.6. The van der Waals surface area contributed by atoms with E-state index in [1.165, 1.54) is 5.39 Å². The highest BCUT2D eigenvalue weighted by molar-refractivity contribution is 6.26. The summed E-state index contributed by atoms with van der Waals surface area (Å²) >= 11 is 0. The van der Waals surface area contributed by atoms with Gasteiger partial charge in [-0.05, 0) is 82.9 Å². The number of hydrogen-bond donors (Lipinski definition) is 0. The van der Waals surface area contributed by atoms with Gasteiger partial charge in [-0.3, -0.25) is 0 Å². The molecule has 0 aliphatic carbocycles. The number of hydrogen-bond acceptors (Lipinski definition) is 4. The van der Waals surface area contributed by atoms with Gasteiger partial charge in [0.25, 0.3) is 0 Å². The van der Waals surface area contributed by atoms with Crippen LogP contribution in [0.4, 0.5) is 0 Å². The van der Waals surface area contributed by atoms with Gasteiger partial charge in [-0.25, -0.2) is 15.0 Å². The number of aromatic nitrogens is 5. The molecule has 0 bridgehead atoms. The Bertz CT molecular complexity index is 4270. The van der Waals surface area contributed by atoms with E-state index in [-0.39, 0.29) is 0 Å². The molecule has 0 aliphatic rings. The minimum absolute atomic E-state index is 0.594. The Balaban J connectivity index is 0.947. The molecule has 0 fully saturated rings. The number of furan rings is 1. The van der Waals surface area contributed by atoms with E-state index in [9.17, 15) is 0 Å². The van der Waals surface area contributed by atoms with Crippen molar-refractivity contribution in [3.63, 3.8) is 0 Å². The van der Waals surface area contributed by atoms with E-state index in [0.717, 1.165) is 110 Å². The standard InChI is InChI=1S/C63H39N5O/c1-4-16-40(17-5-1)41-28-30-43(31-29-41)61-64-62(66-63(65-61)54-25-11-10-22-47(54)42-18-6-2-7-19-42)44-32-34-46(35-33-44)68-56-27-15-13-24-49(56)51-37-39-53-52-38-36-50-48-23-12-14-26-55(48)67(45-20-8-3-9-21-45)57(50)59(52)69-60(53)58(51)68/h1-39H. The highest BCUT2D eigenvalue weighted by Gasteiger charge is 2.23. The van der Waals surface area contributed by atoms with Crippen LogP contribution in [0.25, 0.3) is 133 Å². The first-order chi connectivity index (χ1) is 34.2. The van der Waals surface area contributed by atoms with Crippen LogP contribution in [0, 0.1) is 0 Å². The van der Waals surface area contributed by atoms with Crippen LogP contribution in [0.2, 0.25) is 0 Å². The van der Waals surface area contributed by atoms with Crippen LogP contribution in [-0.2, 0) is 0 Å². The lowest BCUT2D eigenvalue weighted by atomic mass is 9.99. The van der Waals surface area contributed by atoms with Crippen LogP contribution >= 0.6 is 0 Å². The quantitative estimate of drug-likeness (QED) is 0.160. The fraction of sp³-hybridized carbons (Fsp3) is 0. The second-order valence-corrected chi connectivity index (χ2v) is 17.5. The fourth-order valence-electron chi connectivity index (χ4n) is 10.4. The maximum absolute atomic E-state index is 7.27. The maximum atomic E-state index is 7.27. The van der Waals surface area contributed by atoms with Gasteiger partial charge >= 0.3 is 0 Å². The molecule has 0 spiro atoms. The van der Waals surface area contributed by atoms with Crippen molar-refractivity contribution in [1.29, 1.82) is 0 Å². The highest BCUT2D eigenvalue weighted by Crippen LogP contribution is 2.44. The summed E-state index contributed by atoms with van der Waals surface area (Å²) in [5, 5.41) is 6.79. The summed E-state index contributed by atoms with van der Waals surface area (Å²) in [6.45, 7) is 0. The van der Waals surface area contributed by atoms with Crippen LogP contribution in [0.1, 0.15) is 0 Å². The van der Waals surface area contributed by atoms with Gasteiger partial charge in [-0.1, -0.05) is 176 Å². The van der Waals surface area contributed by atoms with Crippen molar-refractivity contribution in [2.24, 2.45) is 0 Å². The number of nitrogens with zero attached hydrogens (tertiary/aromatic N) is 5. The van der Waals surface area contributed by atoms with Crippen LogP contribution in [-0.4, -0.2) is 24.1 Å². The average molecular weight is 882 g/mol. The monoisotopic (exact) mass is 881 g/mol. The molecule has 14 rings (SSSR count). The topological polar surface area (TPSA) is 61.7 Å². The molecule has 10 aromatic carbocycles. The minimum Gasteiger partial charge on any atom is -0.452 e. The summed E-state index contributed by atoms with van der Waals surface area (Å²) in [5.41, 5.74) is 15.3. The largest absolute Gasteiger partial charge is 0.452 e. The van der Waals surface area contributed by atoms with E-state index < -0.39 is 0 Å². The Labute approximate surface area is 396 Å². The molecule has 0 saturated carbocycles. The van der Waals surface area contributed by atoms with Gasteiger partial charge < -0.3 is 13.6 Å². The Hall–Kier alpha value is -9.39. The molecule has 0 aliphatic heterocycles. The summed E-state index contributed by atoms with van der Waals surface area (Å²) in [6, 6.07) is 83.0. The molecule has 6 heteroatoms. The van der Waals surface area contributed by atoms with Crippen molar-refractivity contribution < 1.29 is 4.42 Å². The number of benzene rings is 10. The molecule has 4 aromatic heterocycles. The summed E-state index contributed by atoms with van der Waals surface area (Å²) in [7, 11) is 0. The third-order valence-corrected chi connectivity index (χ3v) is 13.6. The van der Waals surface area contributed by atoms with Gasteiger partial charge in [-0.15, -0.1) is 0 Å². The maximum Gasteiger partial charge on any atom is 0.164 e. The molecule has 322 valence electrons. The molecular formula is C63H39N5O. The van der Waals surface area contributed by atoms with Gasteiger partial charge in [0, 0.05) is 60.4 Å². The third-order valence-electron chi connectivity index (χ3n) is 13.6. The molecule has 0 saturated heterocycles. The Morgan fingerprint density at radius 2 is 0.652 bits per heavy atom. The minimum atomic E-state index is 0.594. The zero-order chi connectivity index (χ0) is 45.4. The van der Waals surface area contributed by atoms with Crippen LogP contribution in [0.3, 0.4) is 0 Å². The van der Waals surface area contributed by atoms with Gasteiger partial charge in [0.2, 0.25) is 0 Å². The van der Waals surface area contributed by atoms with E-state index >= 15 is 0 Å². The van der Waals surface area contributed by atoms with Gasteiger partial charge in [-0.2, -0.15) is 0 Å². The van der Waals surface area contributed by atoms with Crippen molar-refractivity contribution in [3.8, 4) is 67.8 Å². The summed E-state index contributed by atoms with van der Waals surface area (Å²) in [4.78, 5) is 15.6. The molecule has 0 atom stereocenters. The number of para-hydroxylation sites is 3. The first kappa shape index (κ1) is 38.8. The molecule has 69 heavy (non-hydrogen) atoms. The van der Waals surface area contributed by atoms with Crippen molar-refractivity contribution in [1.82, 2.24) is 24.1 Å². The first-order valence-electron chi connectivity index (χ1n) is 23.3. The molecule has 0 amide bonds. The van der Waals surface area contributed by atoms with Crippen molar-refractivity contribution in [2.75, 3.05) is 0 Å². The molecule has 0 unspecified atom stereocenters. The third kappa shape index (κ3) is 6.23. The van der Waals surface area contributed by atoms with E-state index in [4.69, 9.17) is 19.4 Å². The van der Waals surface area contributed by atoms with Gasteiger partial charge in [0.15, 0.2) is 28.6 Å². The normalized spacial score (nSPS) is 11.8. The van der Waals surface area contributed by atoms with E-state index in [0.29, 0.717) is 17.5 Å². The lowest BCUT2D eigenvalue weighted by Crippen LogP contribution is -2.01. The predicted octanol–water partition coefficient (Wildman–Crippen LogP) is 16.3. The lowest BCUT2D eigenvalue weighted by Gasteiger charge is -2.13. The Morgan fingerprint density at radius 3 is 1.22 bits per heavy atom. The van der Waals surface area contributed by atoms with Gasteiger partial charge in [0.1, 0.15) is 0 Å². The summed E-state index contributed by atoms with van der Waals surface area (Å²) in [6.07, 6.45) is 0. The molecule has 0 N–H and O–H groups in total. The molecule has 0 radical (unpaired) electrons. The van der Waals surface area contributed by atoms with Crippen LogP contribution in [0.15, 0.2) is 241 Å². The second-order valence-electron chi connectivity index (χ2n) is 17.5. The van der Waals surface area contributed by atoms with Crippen LogP contribution in [0.5, 0.6) is 0 Å². The summed E-state index contributed by atoms with van der Waals surface area (Å²) in [5.74, 6) is 1.81. The van der Waals surface area contributed by atoms with E-state index in [1.807, 2.05) is 18.2 Å². The SMILES string of the molecule is c1ccc(-c2ccc(-c3nc(-c4ccc(-n5c6ccccc6c6ccc7c8ccc9c%10ccccc%10n(-c%10ccccc%10)c9c8oc7c65)cc4)nc(-c4ccccc4-c4ccccc4)n3)cc2)cc1. The Morgan fingerprint density at radius 1 is 0.261 bits per heavy atom. The summed E-state index contributed by atoms with van der Waals surface area (Å²) < 4.78 is 12.0. The predicted molar refractivity (Wildman–Crippen MR) is 283 cm³/mol. The molecule has 6 nitrogen and oxygen atoms in total. The van der Waals surface area contributed by atoms with Crippen molar-refractivity contribution in [2.45, 2.75) is 0 Å². The smallest absolute Gasteiger partial charge is 0.164 e. The molecular weight excluding hydrogens is 843 g/mol. The number of rotatable bonds is 7. The zero-order valence-corrected chi connectivity index (χ0v) is 37.2. The molecule has 14 aromatic rings. The van der Waals surface area contributed by atoms with Crippen LogP contribution < -0.4 is 0 Å². The fourth-order valence-corrected chi connectivity index (χ4v) is 10.4. The lowest BCUT2D eigenvalue weighted by molar-refractivity contribution is 0.673. The zero-order valence-electron chi connectivity index (χ0n) is 37.2. The number of fused-ring (bicyclic) bond motifs is 11. The Kier molecular flexibility index (Phi) is 8.79. The van der Waals surface area contributed by atoms with E-state index in [2.05, 4.69) is 228 Å². The van der Waals surface area contributed by atoms with Crippen molar-refractivity contribution in [3.05, 3.63) is 237 Å². The van der Waals surface area contributed by atoms with E-state index in [1.54, 1.807) is 0 Å². The first-order valence-corrected chi connectivity index (χ1v) is 23.3.